The van der Waals surface area contributed by atoms with Crippen LogP contribution in [0, 0.1) is 0 Å². The summed E-state index contributed by atoms with van der Waals surface area (Å²) in [6.07, 6.45) is -4.24. The van der Waals surface area contributed by atoms with Gasteiger partial charge in [0.1, 0.15) is 0 Å². The molecular weight excluding hydrogens is 285 g/mol. The highest BCUT2D eigenvalue weighted by molar-refractivity contribution is 5.80. The Morgan fingerprint density at radius 3 is 2.76 bits per heavy atom. The predicted octanol–water partition coefficient (Wildman–Crippen LogP) is 2.16. The quantitative estimate of drug-likeness (QED) is 0.909. The van der Waals surface area contributed by atoms with Gasteiger partial charge in [0.2, 0.25) is 11.9 Å². The van der Waals surface area contributed by atoms with Gasteiger partial charge in [-0.2, -0.15) is 13.2 Å². The zero-order valence-electron chi connectivity index (χ0n) is 11.4. The third kappa shape index (κ3) is 3.26. The molecule has 0 saturated heterocycles. The van der Waals surface area contributed by atoms with Crippen molar-refractivity contribution in [1.82, 2.24) is 14.9 Å². The van der Waals surface area contributed by atoms with E-state index in [1.54, 1.807) is 6.92 Å². The number of aromatic nitrogens is 2. The molecule has 0 bridgehead atoms. The highest BCUT2D eigenvalue weighted by atomic mass is 19.4. The molecule has 0 unspecified atom stereocenters. The summed E-state index contributed by atoms with van der Waals surface area (Å²) >= 11 is 0. The van der Waals surface area contributed by atoms with Gasteiger partial charge < -0.3 is 15.6 Å². The highest BCUT2D eigenvalue weighted by Gasteiger charge is 2.31. The molecule has 21 heavy (non-hydrogen) atoms. The van der Waals surface area contributed by atoms with E-state index in [-0.39, 0.29) is 30.3 Å². The van der Waals surface area contributed by atoms with Gasteiger partial charge in [-0.15, -0.1) is 0 Å². The largest absolute Gasteiger partial charge is 0.416 e. The van der Waals surface area contributed by atoms with Crippen molar-refractivity contribution in [3.63, 3.8) is 0 Å². The Labute approximate surface area is 118 Å². The maximum atomic E-state index is 12.6. The molecule has 2 rings (SSSR count). The van der Waals surface area contributed by atoms with Gasteiger partial charge in [-0.1, -0.05) is 0 Å². The molecule has 0 atom stereocenters. The molecule has 0 aliphatic rings. The lowest BCUT2D eigenvalue weighted by Gasteiger charge is -2.08. The predicted molar refractivity (Wildman–Crippen MR) is 72.4 cm³/mol. The van der Waals surface area contributed by atoms with Gasteiger partial charge in [0, 0.05) is 19.5 Å². The number of nitrogens with zero attached hydrogens (tertiary/aromatic N) is 2. The van der Waals surface area contributed by atoms with E-state index in [0.29, 0.717) is 12.1 Å². The second-order valence-corrected chi connectivity index (χ2v) is 4.53. The summed E-state index contributed by atoms with van der Waals surface area (Å²) in [7, 11) is 0. The number of benzene rings is 1. The van der Waals surface area contributed by atoms with Crippen molar-refractivity contribution >= 4 is 22.9 Å². The molecule has 114 valence electrons. The molecule has 5 nitrogen and oxygen atoms in total. The van der Waals surface area contributed by atoms with Crippen molar-refractivity contribution < 1.29 is 18.0 Å². The lowest BCUT2D eigenvalue weighted by molar-refractivity contribution is -0.137. The van der Waals surface area contributed by atoms with E-state index < -0.39 is 11.7 Å². The number of hydrogen-bond donors (Lipinski definition) is 2. The molecule has 2 aromatic rings. The Morgan fingerprint density at radius 2 is 2.14 bits per heavy atom. The first-order chi connectivity index (χ1) is 9.82. The minimum Gasteiger partial charge on any atom is -0.369 e. The number of anilines is 1. The van der Waals surface area contributed by atoms with Gasteiger partial charge >= 0.3 is 6.18 Å². The van der Waals surface area contributed by atoms with Crippen LogP contribution in [0.1, 0.15) is 18.9 Å². The van der Waals surface area contributed by atoms with Crippen molar-refractivity contribution in [2.75, 3.05) is 12.3 Å². The number of nitrogen functional groups attached to an aromatic ring is 1. The summed E-state index contributed by atoms with van der Waals surface area (Å²) < 4.78 is 39.5. The number of nitrogens with one attached hydrogen (secondary N) is 1. The molecule has 1 amide bonds. The first kappa shape index (κ1) is 15.1. The van der Waals surface area contributed by atoms with Crippen LogP contribution in [-0.2, 0) is 17.5 Å². The van der Waals surface area contributed by atoms with Crippen LogP contribution in [0.3, 0.4) is 0 Å². The fourth-order valence-electron chi connectivity index (χ4n) is 2.06. The number of amides is 1. The molecule has 0 fully saturated rings. The Hall–Kier alpha value is -2.25. The number of hydrogen-bond acceptors (Lipinski definition) is 3. The second kappa shape index (κ2) is 5.63. The highest BCUT2D eigenvalue weighted by Crippen LogP contribution is 2.31. The monoisotopic (exact) mass is 300 g/mol. The minimum absolute atomic E-state index is 0.0913. The van der Waals surface area contributed by atoms with Crippen LogP contribution in [0.2, 0.25) is 0 Å². The Bertz CT molecular complexity index is 663. The summed E-state index contributed by atoms with van der Waals surface area (Å²) in [5, 5.41) is 2.64. The summed E-state index contributed by atoms with van der Waals surface area (Å²) in [5.74, 6) is -0.0562. The average Bonchev–Trinajstić information content (AvgIpc) is 2.70. The van der Waals surface area contributed by atoms with Gasteiger partial charge in [0.05, 0.1) is 16.6 Å². The zero-order chi connectivity index (χ0) is 15.6. The summed E-state index contributed by atoms with van der Waals surface area (Å²) in [4.78, 5) is 15.4. The smallest absolute Gasteiger partial charge is 0.369 e. The standard InChI is InChI=1S/C13H15F3N4O/c1-2-18-11(21)5-6-20-10-4-3-8(13(14,15)16)7-9(10)19-12(20)17/h3-4,7H,2,5-6H2,1H3,(H2,17,19)(H,18,21). The Kier molecular flexibility index (Phi) is 4.06. The number of imidazole rings is 1. The van der Waals surface area contributed by atoms with Crippen LogP contribution in [-0.4, -0.2) is 22.0 Å². The van der Waals surface area contributed by atoms with E-state index in [9.17, 15) is 18.0 Å². The van der Waals surface area contributed by atoms with Crippen LogP contribution >= 0.6 is 0 Å². The molecule has 0 aliphatic carbocycles. The minimum atomic E-state index is -4.42. The summed E-state index contributed by atoms with van der Waals surface area (Å²) in [6.45, 7) is 2.59. The Balaban J connectivity index is 2.29. The number of aryl methyl sites for hydroxylation is 1. The third-order valence-electron chi connectivity index (χ3n) is 3.04. The van der Waals surface area contributed by atoms with Crippen molar-refractivity contribution in [2.45, 2.75) is 26.1 Å². The fraction of sp³-hybridized carbons (Fsp3) is 0.385. The van der Waals surface area contributed by atoms with Gasteiger partial charge in [0.25, 0.3) is 0 Å². The van der Waals surface area contributed by atoms with Crippen LogP contribution in [0.25, 0.3) is 11.0 Å². The van der Waals surface area contributed by atoms with Gasteiger partial charge in [-0.25, -0.2) is 4.98 Å². The third-order valence-corrected chi connectivity index (χ3v) is 3.04. The number of carbonyl (C=O) groups is 1. The van der Waals surface area contributed by atoms with Crippen molar-refractivity contribution in [1.29, 1.82) is 0 Å². The molecule has 0 aliphatic heterocycles. The van der Waals surface area contributed by atoms with E-state index >= 15 is 0 Å². The van der Waals surface area contributed by atoms with Crippen LogP contribution in [0.5, 0.6) is 0 Å². The zero-order valence-corrected chi connectivity index (χ0v) is 11.4. The molecule has 1 aromatic carbocycles. The molecule has 0 spiro atoms. The lowest BCUT2D eigenvalue weighted by Crippen LogP contribution is -2.24. The molecule has 0 radical (unpaired) electrons. The van der Waals surface area contributed by atoms with Crippen LogP contribution in [0.15, 0.2) is 18.2 Å². The van der Waals surface area contributed by atoms with E-state index in [4.69, 9.17) is 5.73 Å². The molecule has 1 heterocycles. The van der Waals surface area contributed by atoms with Gasteiger partial charge in [-0.05, 0) is 25.1 Å². The molecular formula is C13H15F3N4O. The number of fused-ring (bicyclic) bond motifs is 1. The normalized spacial score (nSPS) is 11.8. The molecule has 8 heteroatoms. The number of nitrogens with two attached hydrogens (primary N) is 1. The van der Waals surface area contributed by atoms with Crippen LogP contribution in [0.4, 0.5) is 19.1 Å². The maximum absolute atomic E-state index is 12.6. The number of halogens is 3. The summed E-state index contributed by atoms with van der Waals surface area (Å²) in [5.41, 5.74) is 5.58. The molecule has 3 N–H and O–H groups in total. The number of alkyl halides is 3. The fourth-order valence-corrected chi connectivity index (χ4v) is 2.06. The average molecular weight is 300 g/mol. The van der Waals surface area contributed by atoms with E-state index in [1.165, 1.54) is 10.6 Å². The SMILES string of the molecule is CCNC(=O)CCn1c(N)nc2cc(C(F)(F)F)ccc21. The van der Waals surface area contributed by atoms with Gasteiger partial charge in [0.15, 0.2) is 0 Å². The summed E-state index contributed by atoms with van der Waals surface area (Å²) in [6, 6.07) is 3.25. The van der Waals surface area contributed by atoms with Crippen molar-refractivity contribution in [3.8, 4) is 0 Å². The first-order valence-electron chi connectivity index (χ1n) is 6.42. The van der Waals surface area contributed by atoms with E-state index in [1.807, 2.05) is 0 Å². The molecule has 0 saturated carbocycles. The number of carbonyl (C=O) groups excluding carboxylic acids is 1. The lowest BCUT2D eigenvalue weighted by atomic mass is 10.2. The Morgan fingerprint density at radius 1 is 1.43 bits per heavy atom. The van der Waals surface area contributed by atoms with Gasteiger partial charge in [-0.3, -0.25) is 4.79 Å². The molecule has 1 aromatic heterocycles. The number of rotatable bonds is 4. The van der Waals surface area contributed by atoms with Crippen molar-refractivity contribution in [2.24, 2.45) is 0 Å². The van der Waals surface area contributed by atoms with E-state index in [0.717, 1.165) is 12.1 Å². The topological polar surface area (TPSA) is 72.9 Å². The van der Waals surface area contributed by atoms with Crippen molar-refractivity contribution in [3.05, 3.63) is 23.8 Å². The second-order valence-electron chi connectivity index (χ2n) is 4.53. The maximum Gasteiger partial charge on any atom is 0.416 e. The van der Waals surface area contributed by atoms with Crippen LogP contribution < -0.4 is 11.1 Å². The first-order valence-corrected chi connectivity index (χ1v) is 6.42. The van der Waals surface area contributed by atoms with E-state index in [2.05, 4.69) is 10.3 Å².